The molecule has 3 aliphatic heterocycles. The number of aromatic hydroxyl groups is 1. The highest BCUT2D eigenvalue weighted by Gasteiger charge is 2.50. The molecule has 1 atom stereocenters. The van der Waals surface area contributed by atoms with Crippen LogP contribution in [0.5, 0.6) is 17.2 Å². The van der Waals surface area contributed by atoms with Crippen LogP contribution in [0.15, 0.2) is 84.1 Å². The van der Waals surface area contributed by atoms with E-state index in [0.717, 1.165) is 69.9 Å². The van der Waals surface area contributed by atoms with E-state index in [-0.39, 0.29) is 22.0 Å². The first-order valence-corrected chi connectivity index (χ1v) is 23.1. The lowest BCUT2D eigenvalue weighted by molar-refractivity contribution is -0.0228. The molecule has 5 aromatic rings. The number of phenols is 1. The molecule has 1 saturated carbocycles. The van der Waals surface area contributed by atoms with Gasteiger partial charge in [0.25, 0.3) is 15.9 Å². The van der Waals surface area contributed by atoms with Gasteiger partial charge in [-0.05, 0) is 124 Å². The molecule has 0 radical (unpaired) electrons. The first kappa shape index (κ1) is 40.2. The van der Waals surface area contributed by atoms with Crippen LogP contribution in [0.1, 0.15) is 98.7 Å². The maximum atomic E-state index is 13.8. The molecule has 60 heavy (non-hydrogen) atoms. The number of likely N-dealkylation sites (tertiary alicyclic amines) is 1. The van der Waals surface area contributed by atoms with Crippen molar-refractivity contribution in [2.75, 3.05) is 49.5 Å². The van der Waals surface area contributed by atoms with Gasteiger partial charge in [0.2, 0.25) is 0 Å². The van der Waals surface area contributed by atoms with Gasteiger partial charge < -0.3 is 30.4 Å². The van der Waals surface area contributed by atoms with Gasteiger partial charge in [-0.1, -0.05) is 38.1 Å². The highest BCUT2D eigenvalue weighted by atomic mass is 32.2. The second-order valence-electron chi connectivity index (χ2n) is 17.6. The Labute approximate surface area is 352 Å². The molecule has 1 spiro atoms. The van der Waals surface area contributed by atoms with E-state index in [9.17, 15) is 18.3 Å². The molecule has 5 N–H and O–H groups in total. The van der Waals surface area contributed by atoms with Crippen LogP contribution in [-0.4, -0.2) is 84.6 Å². The third-order valence-electron chi connectivity index (χ3n) is 13.5. The van der Waals surface area contributed by atoms with E-state index < -0.39 is 15.9 Å². The van der Waals surface area contributed by atoms with Crippen LogP contribution in [0.4, 0.5) is 11.5 Å². The van der Waals surface area contributed by atoms with E-state index in [4.69, 9.17) is 9.72 Å². The van der Waals surface area contributed by atoms with Crippen molar-refractivity contribution in [3.8, 4) is 17.2 Å². The van der Waals surface area contributed by atoms with E-state index >= 15 is 0 Å². The Kier molecular flexibility index (Phi) is 11.2. The highest BCUT2D eigenvalue weighted by Crippen LogP contribution is 2.54. The molecular weight excluding hydrogens is 777 g/mol. The summed E-state index contributed by atoms with van der Waals surface area (Å²) in [4.78, 5) is 30.8. The number of nitrogens with one attached hydrogen (secondary N) is 4. The number of carbonyl (C=O) groups is 1. The fraction of sp³-hybridized carbons (Fsp3) is 0.457. The van der Waals surface area contributed by atoms with Crippen molar-refractivity contribution in [3.05, 3.63) is 95.9 Å². The number of piperidine rings is 2. The predicted octanol–water partition coefficient (Wildman–Crippen LogP) is 7.70. The van der Waals surface area contributed by atoms with Crippen molar-refractivity contribution in [1.82, 2.24) is 29.9 Å². The molecule has 2 aromatic carbocycles. The first-order chi connectivity index (χ1) is 29.0. The number of pyridine rings is 2. The summed E-state index contributed by atoms with van der Waals surface area (Å²) in [6.45, 7) is 9.97. The van der Waals surface area contributed by atoms with Crippen molar-refractivity contribution in [2.45, 2.75) is 88.1 Å². The van der Waals surface area contributed by atoms with Gasteiger partial charge in [-0.15, -0.1) is 0 Å². The smallest absolute Gasteiger partial charge is 0.270 e. The van der Waals surface area contributed by atoms with Gasteiger partial charge in [-0.25, -0.2) is 23.1 Å². The van der Waals surface area contributed by atoms with Gasteiger partial charge in [-0.3, -0.25) is 9.69 Å². The number of aromatic nitrogens is 3. The van der Waals surface area contributed by atoms with Crippen molar-refractivity contribution < 1.29 is 23.1 Å². The van der Waals surface area contributed by atoms with Gasteiger partial charge in [0.15, 0.2) is 0 Å². The van der Waals surface area contributed by atoms with E-state index in [0.29, 0.717) is 58.8 Å². The number of H-pyrrole nitrogens is 1. The number of anilines is 2. The van der Waals surface area contributed by atoms with Crippen molar-refractivity contribution in [2.24, 2.45) is 11.3 Å². The molecule has 9 rings (SSSR count). The van der Waals surface area contributed by atoms with Crippen molar-refractivity contribution >= 4 is 38.5 Å². The molecule has 316 valence electrons. The van der Waals surface area contributed by atoms with Crippen LogP contribution >= 0.6 is 0 Å². The molecule has 13 nitrogen and oxygen atoms in total. The third-order valence-corrected chi connectivity index (χ3v) is 14.8. The molecule has 1 amide bonds. The number of hydrogen-bond donors (Lipinski definition) is 5. The molecule has 4 aliphatic rings. The Bertz CT molecular complexity index is 2450. The van der Waals surface area contributed by atoms with E-state index in [1.165, 1.54) is 55.1 Å². The fourth-order valence-electron chi connectivity index (χ4n) is 10.1. The summed E-state index contributed by atoms with van der Waals surface area (Å²) in [7, 11) is -4.38. The lowest BCUT2D eigenvalue weighted by atomic mass is 9.60. The number of phenolic OH excluding ortho intramolecular Hbond substituents is 1. The highest BCUT2D eigenvalue weighted by molar-refractivity contribution is 7.90. The second-order valence-corrected chi connectivity index (χ2v) is 19.3. The minimum atomic E-state index is -4.38. The number of benzene rings is 2. The minimum absolute atomic E-state index is 0.0458. The zero-order valence-corrected chi connectivity index (χ0v) is 35.3. The molecule has 4 fully saturated rings. The number of ether oxygens (including phenoxy) is 1. The summed E-state index contributed by atoms with van der Waals surface area (Å²) in [6, 6.07) is 19.6. The summed E-state index contributed by atoms with van der Waals surface area (Å²) in [6.07, 6.45) is 13.8. The SMILES string of the molecule is CC(C)c1ccccc1C1CCCN1C1CC2(CCN(c3cc(Oc4cnc5[nH]ccc5c4)c(C(=O)NS(=O)(=O)c4ccc(NCC5CCNCC5)c(O)c4)cn3)CC2)C1. The maximum Gasteiger partial charge on any atom is 0.270 e. The lowest BCUT2D eigenvalue weighted by Gasteiger charge is -2.56. The average molecular weight is 833 g/mol. The number of fused-ring (bicyclic) bond motifs is 1. The van der Waals surface area contributed by atoms with Gasteiger partial charge in [0, 0.05) is 61.6 Å². The Hall–Kier alpha value is -5.18. The molecule has 3 saturated heterocycles. The number of rotatable bonds is 12. The Balaban J connectivity index is 0.888. The quantitative estimate of drug-likeness (QED) is 0.0783. The summed E-state index contributed by atoms with van der Waals surface area (Å²) in [5.41, 5.74) is 4.38. The fourth-order valence-corrected chi connectivity index (χ4v) is 11.0. The number of amides is 1. The number of aromatic amines is 1. The summed E-state index contributed by atoms with van der Waals surface area (Å²) in [5.74, 6) is 1.06. The molecule has 14 heteroatoms. The summed E-state index contributed by atoms with van der Waals surface area (Å²) in [5, 5.41) is 18.2. The number of carbonyl (C=O) groups excluding carboxylic acids is 1. The van der Waals surface area contributed by atoms with Crippen LogP contribution in [0.2, 0.25) is 0 Å². The summed E-state index contributed by atoms with van der Waals surface area (Å²) >= 11 is 0. The van der Waals surface area contributed by atoms with Gasteiger partial charge >= 0.3 is 0 Å². The number of hydrogen-bond acceptors (Lipinski definition) is 11. The Morgan fingerprint density at radius 3 is 2.57 bits per heavy atom. The Morgan fingerprint density at radius 2 is 1.78 bits per heavy atom. The topological polar surface area (TPSA) is 165 Å². The molecule has 3 aromatic heterocycles. The van der Waals surface area contributed by atoms with Crippen LogP contribution in [0.25, 0.3) is 11.0 Å². The molecular formula is C46H56N8O5S. The molecule has 6 heterocycles. The zero-order chi connectivity index (χ0) is 41.4. The predicted molar refractivity (Wildman–Crippen MR) is 233 cm³/mol. The first-order valence-electron chi connectivity index (χ1n) is 21.6. The van der Waals surface area contributed by atoms with Gasteiger partial charge in [0.1, 0.15) is 34.3 Å². The van der Waals surface area contributed by atoms with Crippen LogP contribution in [-0.2, 0) is 10.0 Å². The number of sulfonamides is 1. The molecule has 1 unspecified atom stereocenters. The normalized spacial score (nSPS) is 20.1. The van der Waals surface area contributed by atoms with Crippen molar-refractivity contribution in [1.29, 1.82) is 0 Å². The largest absolute Gasteiger partial charge is 0.506 e. The lowest BCUT2D eigenvalue weighted by Crippen LogP contribution is -2.55. The molecule has 1 aliphatic carbocycles. The standard InChI is InChI=1S/C46H56N8O5S/c1-30(2)36-6-3-4-7-37(36)40-8-5-19-54(40)33-25-46(26-33)14-20-53(21-15-46)43-24-42(59-34-22-32-13-18-48-44(32)51-28-34)38(29-50-43)45(56)52-60(57,58)35-9-10-39(41(55)23-35)49-27-31-11-16-47-17-12-31/h3-4,6-7,9-10,13,18,22-24,28-31,33,40,47,49,55H,5,8,11-12,14-17,19-21,25-27H2,1-2H3,(H,48,51)(H,52,56). The van der Waals surface area contributed by atoms with E-state index in [1.807, 2.05) is 12.1 Å². The Morgan fingerprint density at radius 1 is 0.983 bits per heavy atom. The van der Waals surface area contributed by atoms with Crippen LogP contribution in [0, 0.1) is 11.3 Å². The van der Waals surface area contributed by atoms with Crippen LogP contribution in [0.3, 0.4) is 0 Å². The van der Waals surface area contributed by atoms with Crippen LogP contribution < -0.4 is 25.0 Å². The zero-order valence-electron chi connectivity index (χ0n) is 34.5. The van der Waals surface area contributed by atoms with Gasteiger partial charge in [-0.2, -0.15) is 0 Å². The third kappa shape index (κ3) is 8.29. The van der Waals surface area contributed by atoms with E-state index in [2.05, 4.69) is 73.2 Å². The van der Waals surface area contributed by atoms with Crippen molar-refractivity contribution in [3.63, 3.8) is 0 Å². The minimum Gasteiger partial charge on any atom is -0.506 e. The molecule has 0 bridgehead atoms. The summed E-state index contributed by atoms with van der Waals surface area (Å²) < 4.78 is 35.6. The monoisotopic (exact) mass is 832 g/mol. The maximum absolute atomic E-state index is 13.8. The van der Waals surface area contributed by atoms with Gasteiger partial charge in [0.05, 0.1) is 16.8 Å². The number of nitrogens with zero attached hydrogens (tertiary/aromatic N) is 4. The average Bonchev–Trinajstić information content (AvgIpc) is 3.93. The second kappa shape index (κ2) is 16.7. The van der Waals surface area contributed by atoms with E-state index in [1.54, 1.807) is 18.5 Å².